The number of amides is 1. The molecule has 0 aromatic carbocycles. The smallest absolute Gasteiger partial charge is 0.245 e. The van der Waals surface area contributed by atoms with E-state index in [9.17, 15) is 4.79 Å². The third-order valence-electron chi connectivity index (χ3n) is 3.15. The molecule has 0 heterocycles. The van der Waals surface area contributed by atoms with Gasteiger partial charge in [0, 0.05) is 6.54 Å². The first-order chi connectivity index (χ1) is 7.83. The largest absolute Gasteiger partial charge is 0.387 e. The fraction of sp³-hybridized carbons (Fsp3) is 0.917. The zero-order valence-electron chi connectivity index (χ0n) is 10.0. The summed E-state index contributed by atoms with van der Waals surface area (Å²) in [6, 6.07) is 0. The van der Waals surface area contributed by atoms with Crippen LogP contribution in [0, 0.1) is 5.92 Å². The number of rotatable bonds is 7. The van der Waals surface area contributed by atoms with Crippen molar-refractivity contribution in [1.82, 2.24) is 10.6 Å². The lowest BCUT2D eigenvalue weighted by Gasteiger charge is -2.21. The molecule has 0 aromatic heterocycles. The Balaban J connectivity index is 1.85. The maximum absolute atomic E-state index is 10.7. The Labute approximate surface area is 97.8 Å². The third-order valence-corrected chi connectivity index (χ3v) is 3.15. The Kier molecular flexibility index (Phi) is 7.17. The van der Waals surface area contributed by atoms with E-state index in [4.69, 9.17) is 5.11 Å². The summed E-state index contributed by atoms with van der Waals surface area (Å²) in [5.74, 6) is 0.577. The van der Waals surface area contributed by atoms with Crippen LogP contribution in [-0.2, 0) is 4.79 Å². The Morgan fingerprint density at radius 3 is 2.62 bits per heavy atom. The van der Waals surface area contributed by atoms with Crippen molar-refractivity contribution in [3.63, 3.8) is 0 Å². The van der Waals surface area contributed by atoms with Crippen LogP contribution in [0.25, 0.3) is 0 Å². The number of aliphatic hydroxyl groups is 1. The molecular weight excluding hydrogens is 204 g/mol. The van der Waals surface area contributed by atoms with Gasteiger partial charge in [0.1, 0.15) is 6.61 Å². The van der Waals surface area contributed by atoms with Gasteiger partial charge < -0.3 is 15.7 Å². The van der Waals surface area contributed by atoms with Gasteiger partial charge in [-0.1, -0.05) is 19.3 Å². The molecule has 0 unspecified atom stereocenters. The van der Waals surface area contributed by atoms with E-state index in [1.807, 2.05) is 0 Å². The first-order valence-corrected chi connectivity index (χ1v) is 6.41. The number of carbonyl (C=O) groups is 1. The van der Waals surface area contributed by atoms with Gasteiger partial charge >= 0.3 is 0 Å². The normalized spacial score (nSPS) is 17.3. The molecule has 1 rings (SSSR count). The van der Waals surface area contributed by atoms with Crippen molar-refractivity contribution in [3.05, 3.63) is 0 Å². The average molecular weight is 228 g/mol. The minimum atomic E-state index is -0.407. The Morgan fingerprint density at radius 2 is 1.94 bits per heavy atom. The highest BCUT2D eigenvalue weighted by atomic mass is 16.3. The molecule has 0 spiro atoms. The molecule has 94 valence electrons. The SMILES string of the molecule is O=C(CO)NCCCNCC1CCCCC1. The predicted octanol–water partition coefficient (Wildman–Crippen LogP) is 0.655. The van der Waals surface area contributed by atoms with Crippen LogP contribution < -0.4 is 10.6 Å². The van der Waals surface area contributed by atoms with Gasteiger partial charge in [-0.25, -0.2) is 0 Å². The molecule has 0 aromatic rings. The van der Waals surface area contributed by atoms with E-state index in [0.717, 1.165) is 25.4 Å². The van der Waals surface area contributed by atoms with Crippen molar-refractivity contribution in [2.45, 2.75) is 38.5 Å². The summed E-state index contributed by atoms with van der Waals surface area (Å²) in [7, 11) is 0. The van der Waals surface area contributed by atoms with Crippen molar-refractivity contribution in [3.8, 4) is 0 Å². The second-order valence-corrected chi connectivity index (χ2v) is 4.57. The van der Waals surface area contributed by atoms with Crippen LogP contribution in [0.5, 0.6) is 0 Å². The van der Waals surface area contributed by atoms with E-state index in [1.165, 1.54) is 32.1 Å². The molecule has 1 aliphatic carbocycles. The second kappa shape index (κ2) is 8.53. The molecule has 16 heavy (non-hydrogen) atoms. The van der Waals surface area contributed by atoms with Crippen molar-refractivity contribution in [2.75, 3.05) is 26.2 Å². The van der Waals surface area contributed by atoms with Crippen molar-refractivity contribution in [1.29, 1.82) is 0 Å². The maximum atomic E-state index is 10.7. The summed E-state index contributed by atoms with van der Waals surface area (Å²) < 4.78 is 0. The molecular formula is C12H24N2O2. The average Bonchev–Trinajstić information content (AvgIpc) is 2.34. The van der Waals surface area contributed by atoms with Gasteiger partial charge in [0.05, 0.1) is 0 Å². The summed E-state index contributed by atoms with van der Waals surface area (Å²) in [6.07, 6.45) is 7.85. The van der Waals surface area contributed by atoms with Gasteiger partial charge in [-0.2, -0.15) is 0 Å². The first kappa shape index (κ1) is 13.5. The zero-order valence-corrected chi connectivity index (χ0v) is 10.0. The quantitative estimate of drug-likeness (QED) is 0.561. The van der Waals surface area contributed by atoms with Crippen LogP contribution in [0.2, 0.25) is 0 Å². The van der Waals surface area contributed by atoms with Gasteiger partial charge in [-0.3, -0.25) is 4.79 Å². The summed E-state index contributed by atoms with van der Waals surface area (Å²) in [6.45, 7) is 2.31. The number of hydrogen-bond donors (Lipinski definition) is 3. The molecule has 1 amide bonds. The number of aliphatic hydroxyl groups excluding tert-OH is 1. The monoisotopic (exact) mass is 228 g/mol. The number of carbonyl (C=O) groups excluding carboxylic acids is 1. The molecule has 0 saturated heterocycles. The minimum absolute atomic E-state index is 0.285. The Bertz CT molecular complexity index is 191. The number of nitrogens with one attached hydrogen (secondary N) is 2. The van der Waals surface area contributed by atoms with Gasteiger partial charge in [-0.05, 0) is 38.3 Å². The molecule has 0 aliphatic heterocycles. The van der Waals surface area contributed by atoms with Crippen LogP contribution in [0.4, 0.5) is 0 Å². The van der Waals surface area contributed by atoms with E-state index >= 15 is 0 Å². The van der Waals surface area contributed by atoms with E-state index in [0.29, 0.717) is 6.54 Å². The fourth-order valence-electron chi connectivity index (χ4n) is 2.19. The minimum Gasteiger partial charge on any atom is -0.387 e. The van der Waals surface area contributed by atoms with Crippen LogP contribution in [0.3, 0.4) is 0 Å². The Hall–Kier alpha value is -0.610. The lowest BCUT2D eigenvalue weighted by Crippen LogP contribution is -2.31. The molecule has 1 fully saturated rings. The van der Waals surface area contributed by atoms with Crippen molar-refractivity contribution in [2.24, 2.45) is 5.92 Å². The lowest BCUT2D eigenvalue weighted by molar-refractivity contribution is -0.123. The number of hydrogen-bond acceptors (Lipinski definition) is 3. The van der Waals surface area contributed by atoms with Crippen molar-refractivity contribution >= 4 is 5.91 Å². The predicted molar refractivity (Wildman–Crippen MR) is 64.2 cm³/mol. The highest BCUT2D eigenvalue weighted by molar-refractivity contribution is 5.76. The topological polar surface area (TPSA) is 61.4 Å². The first-order valence-electron chi connectivity index (χ1n) is 6.41. The fourth-order valence-corrected chi connectivity index (χ4v) is 2.19. The second-order valence-electron chi connectivity index (χ2n) is 4.57. The van der Waals surface area contributed by atoms with Crippen LogP contribution in [0.15, 0.2) is 0 Å². The highest BCUT2D eigenvalue weighted by Gasteiger charge is 2.12. The third kappa shape index (κ3) is 6.08. The van der Waals surface area contributed by atoms with E-state index < -0.39 is 6.61 Å². The standard InChI is InChI=1S/C12H24N2O2/c15-10-12(16)14-8-4-7-13-9-11-5-2-1-3-6-11/h11,13,15H,1-10H2,(H,14,16). The van der Waals surface area contributed by atoms with Crippen molar-refractivity contribution < 1.29 is 9.90 Å². The molecule has 3 N–H and O–H groups in total. The zero-order chi connectivity index (χ0) is 11.6. The molecule has 1 aliphatic rings. The summed E-state index contributed by atoms with van der Waals surface area (Å²) >= 11 is 0. The maximum Gasteiger partial charge on any atom is 0.245 e. The van der Waals surface area contributed by atoms with Gasteiger partial charge in [0.15, 0.2) is 0 Å². The van der Waals surface area contributed by atoms with E-state index in [2.05, 4.69) is 10.6 Å². The molecule has 1 saturated carbocycles. The molecule has 0 atom stereocenters. The molecule has 4 heteroatoms. The summed E-state index contributed by atoms with van der Waals surface area (Å²) in [5.41, 5.74) is 0. The summed E-state index contributed by atoms with van der Waals surface area (Å²) in [4.78, 5) is 10.7. The Morgan fingerprint density at radius 1 is 1.19 bits per heavy atom. The van der Waals surface area contributed by atoms with E-state index in [1.54, 1.807) is 0 Å². The van der Waals surface area contributed by atoms with Gasteiger partial charge in [0.25, 0.3) is 0 Å². The highest BCUT2D eigenvalue weighted by Crippen LogP contribution is 2.22. The van der Waals surface area contributed by atoms with Crippen LogP contribution in [0.1, 0.15) is 38.5 Å². The molecule has 0 bridgehead atoms. The lowest BCUT2D eigenvalue weighted by atomic mass is 9.89. The van der Waals surface area contributed by atoms with Crippen LogP contribution >= 0.6 is 0 Å². The molecule has 0 radical (unpaired) electrons. The molecule has 4 nitrogen and oxygen atoms in total. The van der Waals surface area contributed by atoms with Gasteiger partial charge in [-0.15, -0.1) is 0 Å². The summed E-state index contributed by atoms with van der Waals surface area (Å²) in [5, 5.41) is 14.6. The van der Waals surface area contributed by atoms with Crippen LogP contribution in [-0.4, -0.2) is 37.3 Å². The van der Waals surface area contributed by atoms with Gasteiger partial charge in [0.2, 0.25) is 5.91 Å². The van der Waals surface area contributed by atoms with E-state index in [-0.39, 0.29) is 5.91 Å².